The van der Waals surface area contributed by atoms with E-state index in [0.29, 0.717) is 0 Å². The Labute approximate surface area is 161 Å². The molecule has 0 aromatic heterocycles. The van der Waals surface area contributed by atoms with Crippen LogP contribution in [0.2, 0.25) is 0 Å². The van der Waals surface area contributed by atoms with E-state index in [0.717, 1.165) is 25.2 Å². The lowest BCUT2D eigenvalue weighted by molar-refractivity contribution is -0.135. The highest BCUT2D eigenvalue weighted by atomic mass is 16.4. The standard InChI is InChI=1S/C5H12O4.3C3H4O2.C2H4O2/c6-1-5(2-7,3-8)4-9;3*1-2-3(4)5;1-2(3)4/h6-9H,1-4H2;3*2H,1H2,(H,4,5);1H3,(H,3,4). The molecule has 28 heavy (non-hydrogen) atoms. The summed E-state index contributed by atoms with van der Waals surface area (Å²) in [5, 5.41) is 64.2. The van der Waals surface area contributed by atoms with Crippen molar-refractivity contribution in [1.82, 2.24) is 0 Å². The molecule has 0 saturated carbocycles. The normalized spacial score (nSPS) is 8.18. The van der Waals surface area contributed by atoms with Crippen molar-refractivity contribution >= 4 is 23.9 Å². The van der Waals surface area contributed by atoms with Gasteiger partial charge in [0.25, 0.3) is 5.97 Å². The summed E-state index contributed by atoms with van der Waals surface area (Å²) < 4.78 is 0. The molecule has 0 aromatic rings. The van der Waals surface area contributed by atoms with Crippen LogP contribution in [0.15, 0.2) is 38.0 Å². The van der Waals surface area contributed by atoms with Gasteiger partial charge in [-0.05, 0) is 0 Å². The van der Waals surface area contributed by atoms with E-state index in [9.17, 15) is 14.4 Å². The Bertz CT molecular complexity index is 402. The molecule has 0 fully saturated rings. The summed E-state index contributed by atoms with van der Waals surface area (Å²) in [6, 6.07) is 0. The number of aliphatic carboxylic acids is 4. The highest BCUT2D eigenvalue weighted by Crippen LogP contribution is 2.11. The average molecular weight is 412 g/mol. The fraction of sp³-hybridized carbons (Fsp3) is 0.375. The summed E-state index contributed by atoms with van der Waals surface area (Å²) in [5.41, 5.74) is -1.11. The fourth-order valence-electron chi connectivity index (χ4n) is 0.300. The van der Waals surface area contributed by atoms with Gasteiger partial charge in [-0.3, -0.25) is 4.79 Å². The summed E-state index contributed by atoms with van der Waals surface area (Å²) in [4.78, 5) is 36.8. The number of rotatable bonds is 7. The van der Waals surface area contributed by atoms with Crippen LogP contribution in [-0.4, -0.2) is 91.2 Å². The molecular weight excluding hydrogens is 384 g/mol. The van der Waals surface area contributed by atoms with E-state index < -0.39 is 55.7 Å². The first kappa shape index (κ1) is 35.9. The van der Waals surface area contributed by atoms with Gasteiger partial charge in [-0.1, -0.05) is 19.7 Å². The number of carbonyl (C=O) groups is 4. The quantitative estimate of drug-likeness (QED) is 0.231. The molecule has 0 aliphatic carbocycles. The molecule has 0 heterocycles. The van der Waals surface area contributed by atoms with Crippen molar-refractivity contribution in [3.05, 3.63) is 38.0 Å². The Morgan fingerprint density at radius 3 is 0.750 bits per heavy atom. The molecule has 0 radical (unpaired) electrons. The van der Waals surface area contributed by atoms with Crippen molar-refractivity contribution in [1.29, 1.82) is 0 Å². The lowest BCUT2D eigenvalue weighted by atomic mass is 9.93. The van der Waals surface area contributed by atoms with E-state index >= 15 is 0 Å². The number of hydrogen-bond donors (Lipinski definition) is 8. The fourth-order valence-corrected chi connectivity index (χ4v) is 0.300. The van der Waals surface area contributed by atoms with Crippen LogP contribution in [0, 0.1) is 5.41 Å². The molecule has 0 spiro atoms. The van der Waals surface area contributed by atoms with Crippen molar-refractivity contribution in [2.45, 2.75) is 6.92 Å². The van der Waals surface area contributed by atoms with E-state index in [1.54, 1.807) is 0 Å². The van der Waals surface area contributed by atoms with Gasteiger partial charge in [0.15, 0.2) is 0 Å². The van der Waals surface area contributed by atoms with Crippen molar-refractivity contribution in [2.24, 2.45) is 5.41 Å². The van der Waals surface area contributed by atoms with Crippen molar-refractivity contribution < 1.29 is 60.0 Å². The molecule has 0 rings (SSSR count). The second-order valence-corrected chi connectivity index (χ2v) is 4.28. The summed E-state index contributed by atoms with van der Waals surface area (Å²) in [6.07, 6.45) is 2.50. The summed E-state index contributed by atoms with van der Waals surface area (Å²) in [5.74, 6) is -3.78. The van der Waals surface area contributed by atoms with E-state index in [4.69, 9.17) is 45.6 Å². The topological polar surface area (TPSA) is 230 Å². The SMILES string of the molecule is C=CC(=O)O.C=CC(=O)O.C=CC(=O)O.CC(=O)O.OCC(CO)(CO)CO. The zero-order chi connectivity index (χ0) is 23.8. The number of aliphatic hydroxyl groups excluding tert-OH is 4. The lowest BCUT2D eigenvalue weighted by Gasteiger charge is -2.23. The van der Waals surface area contributed by atoms with Crippen molar-refractivity contribution in [3.8, 4) is 0 Å². The zero-order valence-electron chi connectivity index (χ0n) is 15.4. The Balaban J connectivity index is -0.0000000819. The molecular formula is C16H28O12. The Morgan fingerprint density at radius 1 is 0.643 bits per heavy atom. The van der Waals surface area contributed by atoms with Gasteiger partial charge in [-0.25, -0.2) is 14.4 Å². The van der Waals surface area contributed by atoms with Gasteiger partial charge in [0.1, 0.15) is 0 Å². The second-order valence-electron chi connectivity index (χ2n) is 4.28. The molecule has 8 N–H and O–H groups in total. The maximum Gasteiger partial charge on any atom is 0.327 e. The largest absolute Gasteiger partial charge is 0.481 e. The molecule has 0 aliphatic heterocycles. The van der Waals surface area contributed by atoms with Crippen LogP contribution in [0.1, 0.15) is 6.92 Å². The maximum absolute atomic E-state index is 9.25. The molecule has 0 aromatic carbocycles. The first-order chi connectivity index (χ1) is 12.8. The van der Waals surface area contributed by atoms with Gasteiger partial charge >= 0.3 is 17.9 Å². The highest BCUT2D eigenvalue weighted by Gasteiger charge is 2.26. The molecule has 0 bridgehead atoms. The molecule has 0 atom stereocenters. The van der Waals surface area contributed by atoms with Crippen LogP contribution in [0.3, 0.4) is 0 Å². The van der Waals surface area contributed by atoms with Crippen LogP contribution in [0.25, 0.3) is 0 Å². The molecule has 0 amide bonds. The third-order valence-electron chi connectivity index (χ3n) is 1.87. The first-order valence-corrected chi connectivity index (χ1v) is 6.98. The molecule has 12 nitrogen and oxygen atoms in total. The summed E-state index contributed by atoms with van der Waals surface area (Å²) in [7, 11) is 0. The van der Waals surface area contributed by atoms with Crippen LogP contribution in [-0.2, 0) is 19.2 Å². The molecule has 0 saturated heterocycles. The van der Waals surface area contributed by atoms with Gasteiger partial charge in [0.05, 0.1) is 31.8 Å². The molecule has 0 aliphatic rings. The van der Waals surface area contributed by atoms with Crippen LogP contribution >= 0.6 is 0 Å². The van der Waals surface area contributed by atoms with Crippen molar-refractivity contribution in [2.75, 3.05) is 26.4 Å². The van der Waals surface area contributed by atoms with Crippen molar-refractivity contribution in [3.63, 3.8) is 0 Å². The summed E-state index contributed by atoms with van der Waals surface area (Å²) >= 11 is 0. The van der Waals surface area contributed by atoms with Gasteiger partial charge in [0, 0.05) is 25.2 Å². The maximum atomic E-state index is 9.25. The Hall–Kier alpha value is -3.06. The summed E-state index contributed by atoms with van der Waals surface area (Å²) in [6.45, 7) is 8.34. The van der Waals surface area contributed by atoms with Crippen LogP contribution < -0.4 is 0 Å². The predicted octanol–water partition coefficient (Wildman–Crippen LogP) is -1.20. The lowest BCUT2D eigenvalue weighted by Crippen LogP contribution is -2.37. The zero-order valence-corrected chi connectivity index (χ0v) is 15.4. The number of carboxylic acids is 4. The third-order valence-corrected chi connectivity index (χ3v) is 1.87. The number of hydrogen-bond acceptors (Lipinski definition) is 8. The molecule has 12 heteroatoms. The smallest absolute Gasteiger partial charge is 0.327 e. The van der Waals surface area contributed by atoms with E-state index in [-0.39, 0.29) is 0 Å². The van der Waals surface area contributed by atoms with Gasteiger partial charge in [-0.2, -0.15) is 0 Å². The molecule has 0 unspecified atom stereocenters. The van der Waals surface area contributed by atoms with Crippen LogP contribution in [0.5, 0.6) is 0 Å². The van der Waals surface area contributed by atoms with E-state index in [1.165, 1.54) is 0 Å². The Morgan fingerprint density at radius 2 is 0.750 bits per heavy atom. The predicted molar refractivity (Wildman–Crippen MR) is 97.6 cm³/mol. The number of aliphatic hydroxyl groups is 4. The Kier molecular flexibility index (Phi) is 33.6. The minimum atomic E-state index is -1.11. The average Bonchev–Trinajstić information content (AvgIpc) is 2.65. The third kappa shape index (κ3) is 49.5. The minimum Gasteiger partial charge on any atom is -0.481 e. The number of carboxylic acid groups (broad SMARTS) is 4. The van der Waals surface area contributed by atoms with Crippen LogP contribution in [0.4, 0.5) is 0 Å². The van der Waals surface area contributed by atoms with Gasteiger partial charge in [-0.15, -0.1) is 0 Å². The first-order valence-electron chi connectivity index (χ1n) is 6.98. The molecule has 164 valence electrons. The highest BCUT2D eigenvalue weighted by molar-refractivity contribution is 5.79. The van der Waals surface area contributed by atoms with E-state index in [2.05, 4.69) is 19.7 Å². The monoisotopic (exact) mass is 412 g/mol. The van der Waals surface area contributed by atoms with E-state index in [1.807, 2.05) is 0 Å². The van der Waals surface area contributed by atoms with Gasteiger partial charge in [0.2, 0.25) is 0 Å². The van der Waals surface area contributed by atoms with Gasteiger partial charge < -0.3 is 40.9 Å². The minimum absolute atomic E-state index is 0.406. The second kappa shape index (κ2) is 26.2.